The normalized spacial score (nSPS) is 17.6. The quantitative estimate of drug-likeness (QED) is 0.573. The van der Waals surface area contributed by atoms with Crippen LogP contribution in [0.5, 0.6) is 0 Å². The van der Waals surface area contributed by atoms with Gasteiger partial charge in [-0.05, 0) is 89.4 Å². The Balaban J connectivity index is 0.000000396. The topological polar surface area (TPSA) is 59.6 Å². The molecule has 3 rings (SSSR count). The van der Waals surface area contributed by atoms with Gasteiger partial charge in [-0.1, -0.05) is 23.7 Å². The SMILES string of the molecule is CC(C)(C)OC=O.CC1(C)NC(CCc2ccc(Nc3ccc(Cl)cc3)cc2)CO1. The van der Waals surface area contributed by atoms with E-state index in [2.05, 4.69) is 53.5 Å². The molecule has 0 amide bonds. The summed E-state index contributed by atoms with van der Waals surface area (Å²) in [5.41, 5.74) is 2.97. The second-order valence-electron chi connectivity index (χ2n) is 8.86. The van der Waals surface area contributed by atoms with Crippen molar-refractivity contribution < 1.29 is 14.3 Å². The van der Waals surface area contributed by atoms with Gasteiger partial charge in [-0.15, -0.1) is 0 Å². The number of carbonyl (C=O) groups is 1. The molecule has 1 aliphatic rings. The highest BCUT2D eigenvalue weighted by Crippen LogP contribution is 2.21. The van der Waals surface area contributed by atoms with E-state index in [-0.39, 0.29) is 11.3 Å². The van der Waals surface area contributed by atoms with Crippen molar-refractivity contribution in [1.82, 2.24) is 5.32 Å². The molecule has 5 nitrogen and oxygen atoms in total. The zero-order valence-electron chi connectivity index (χ0n) is 18.5. The lowest BCUT2D eigenvalue weighted by molar-refractivity contribution is -0.138. The third-order valence-electron chi connectivity index (χ3n) is 4.47. The van der Waals surface area contributed by atoms with Crippen LogP contribution in [0.2, 0.25) is 5.02 Å². The van der Waals surface area contributed by atoms with Crippen LogP contribution in [0.25, 0.3) is 0 Å². The van der Waals surface area contributed by atoms with Gasteiger partial charge in [0.25, 0.3) is 6.47 Å². The molecular weight excluding hydrogens is 400 g/mol. The van der Waals surface area contributed by atoms with Gasteiger partial charge in [0.15, 0.2) is 0 Å². The third-order valence-corrected chi connectivity index (χ3v) is 4.72. The summed E-state index contributed by atoms with van der Waals surface area (Å²) in [5.74, 6) is 0. The van der Waals surface area contributed by atoms with Crippen molar-refractivity contribution >= 4 is 29.4 Å². The van der Waals surface area contributed by atoms with Gasteiger partial charge in [0.1, 0.15) is 11.3 Å². The van der Waals surface area contributed by atoms with Crippen LogP contribution >= 0.6 is 11.6 Å². The van der Waals surface area contributed by atoms with Crippen molar-refractivity contribution in [1.29, 1.82) is 0 Å². The van der Waals surface area contributed by atoms with Crippen LogP contribution in [0, 0.1) is 0 Å². The summed E-state index contributed by atoms with van der Waals surface area (Å²) in [4.78, 5) is 9.60. The minimum Gasteiger partial charge on any atom is -0.462 e. The molecule has 0 aromatic heterocycles. The van der Waals surface area contributed by atoms with Crippen LogP contribution in [0.1, 0.15) is 46.6 Å². The first-order chi connectivity index (χ1) is 14.1. The van der Waals surface area contributed by atoms with Crippen molar-refractivity contribution in [3.05, 3.63) is 59.1 Å². The van der Waals surface area contributed by atoms with Gasteiger partial charge in [-0.25, -0.2) is 0 Å². The van der Waals surface area contributed by atoms with Crippen molar-refractivity contribution in [2.45, 2.75) is 64.8 Å². The Bertz CT molecular complexity index is 784. The molecule has 2 N–H and O–H groups in total. The summed E-state index contributed by atoms with van der Waals surface area (Å²) in [6, 6.07) is 16.8. The Hall–Kier alpha value is -2.08. The van der Waals surface area contributed by atoms with Crippen LogP contribution in [-0.4, -0.2) is 30.4 Å². The Labute approximate surface area is 185 Å². The monoisotopic (exact) mass is 432 g/mol. The lowest BCUT2D eigenvalue weighted by Crippen LogP contribution is -2.38. The Morgan fingerprint density at radius 3 is 2.13 bits per heavy atom. The first kappa shape index (κ1) is 24.2. The van der Waals surface area contributed by atoms with Gasteiger partial charge in [0.2, 0.25) is 0 Å². The fraction of sp³-hybridized carbons (Fsp3) is 0.458. The van der Waals surface area contributed by atoms with E-state index in [0.29, 0.717) is 12.5 Å². The fourth-order valence-electron chi connectivity index (χ4n) is 2.98. The van der Waals surface area contributed by atoms with Crippen molar-refractivity contribution in [2.24, 2.45) is 0 Å². The second-order valence-corrected chi connectivity index (χ2v) is 9.29. The summed E-state index contributed by atoms with van der Waals surface area (Å²) < 4.78 is 10.3. The minimum absolute atomic E-state index is 0.184. The van der Waals surface area contributed by atoms with Crippen LogP contribution in [-0.2, 0) is 20.7 Å². The lowest BCUT2D eigenvalue weighted by atomic mass is 10.1. The number of hydrogen-bond donors (Lipinski definition) is 2. The van der Waals surface area contributed by atoms with E-state index in [1.54, 1.807) is 0 Å². The molecule has 1 aliphatic heterocycles. The molecule has 0 spiro atoms. The van der Waals surface area contributed by atoms with E-state index in [1.165, 1.54) is 5.56 Å². The third kappa shape index (κ3) is 9.16. The summed E-state index contributed by atoms with van der Waals surface area (Å²) >= 11 is 5.90. The van der Waals surface area contributed by atoms with Crippen LogP contribution < -0.4 is 10.6 Å². The van der Waals surface area contributed by atoms with Gasteiger partial charge >= 0.3 is 0 Å². The summed E-state index contributed by atoms with van der Waals surface area (Å²) in [7, 11) is 0. The molecule has 6 heteroatoms. The van der Waals surface area contributed by atoms with Crippen LogP contribution in [0.3, 0.4) is 0 Å². The second kappa shape index (κ2) is 10.8. The maximum absolute atomic E-state index is 9.60. The predicted molar refractivity (Wildman–Crippen MR) is 123 cm³/mol. The van der Waals surface area contributed by atoms with E-state index in [9.17, 15) is 4.79 Å². The number of carbonyl (C=O) groups excluding carboxylic acids is 1. The van der Waals surface area contributed by atoms with Crippen LogP contribution in [0.15, 0.2) is 48.5 Å². The zero-order valence-corrected chi connectivity index (χ0v) is 19.3. The molecule has 1 saturated heterocycles. The summed E-state index contributed by atoms with van der Waals surface area (Å²) in [6.45, 7) is 10.9. The molecule has 0 aliphatic carbocycles. The molecule has 0 radical (unpaired) electrons. The summed E-state index contributed by atoms with van der Waals surface area (Å²) in [5, 5.41) is 7.63. The number of halogens is 1. The predicted octanol–water partition coefficient (Wildman–Crippen LogP) is 5.70. The molecule has 1 unspecified atom stereocenters. The van der Waals surface area contributed by atoms with E-state index in [4.69, 9.17) is 16.3 Å². The number of aryl methyl sites for hydroxylation is 1. The molecule has 0 saturated carbocycles. The smallest absolute Gasteiger partial charge is 0.293 e. The van der Waals surface area contributed by atoms with E-state index < -0.39 is 0 Å². The van der Waals surface area contributed by atoms with E-state index >= 15 is 0 Å². The highest BCUT2D eigenvalue weighted by atomic mass is 35.5. The Morgan fingerprint density at radius 1 is 1.13 bits per heavy atom. The number of ether oxygens (including phenoxy) is 2. The average Bonchev–Trinajstić information content (AvgIpc) is 3.01. The highest BCUT2D eigenvalue weighted by molar-refractivity contribution is 6.30. The maximum Gasteiger partial charge on any atom is 0.293 e. The standard InChI is InChI=1S/C19H23ClN2O.C5H10O2/c1-19(2)22-18(13-23-19)10-5-14-3-8-16(9-4-14)21-17-11-6-15(20)7-12-17;1-5(2,3)7-4-6/h3-4,6-9,11-12,18,21-22H,5,10,13H2,1-2H3;4H,1-3H3. The maximum atomic E-state index is 9.60. The number of anilines is 2. The van der Waals surface area contributed by atoms with Gasteiger partial charge in [0.05, 0.1) is 6.61 Å². The van der Waals surface area contributed by atoms with Gasteiger partial charge in [0, 0.05) is 22.4 Å². The Kier molecular flexibility index (Phi) is 8.71. The molecule has 164 valence electrons. The Morgan fingerprint density at radius 2 is 1.70 bits per heavy atom. The minimum atomic E-state index is -0.318. The number of hydrogen-bond acceptors (Lipinski definition) is 5. The van der Waals surface area contributed by atoms with Crippen molar-refractivity contribution in [3.8, 4) is 0 Å². The molecule has 2 aromatic carbocycles. The van der Waals surface area contributed by atoms with E-state index in [1.807, 2.05) is 45.0 Å². The van der Waals surface area contributed by atoms with Gasteiger partial charge < -0.3 is 14.8 Å². The van der Waals surface area contributed by atoms with Crippen molar-refractivity contribution in [2.75, 3.05) is 11.9 Å². The fourth-order valence-corrected chi connectivity index (χ4v) is 3.11. The van der Waals surface area contributed by atoms with Crippen LogP contribution in [0.4, 0.5) is 11.4 Å². The molecule has 1 atom stereocenters. The average molecular weight is 433 g/mol. The molecule has 1 fully saturated rings. The summed E-state index contributed by atoms with van der Waals surface area (Å²) in [6.07, 6.45) is 2.14. The molecular formula is C24H33ClN2O3. The highest BCUT2D eigenvalue weighted by Gasteiger charge is 2.30. The number of benzene rings is 2. The van der Waals surface area contributed by atoms with Gasteiger partial charge in [-0.2, -0.15) is 0 Å². The van der Waals surface area contributed by atoms with Gasteiger partial charge in [-0.3, -0.25) is 10.1 Å². The van der Waals surface area contributed by atoms with E-state index in [0.717, 1.165) is 35.8 Å². The molecule has 2 aromatic rings. The lowest BCUT2D eigenvalue weighted by Gasteiger charge is -2.18. The first-order valence-electron chi connectivity index (χ1n) is 10.2. The first-order valence-corrected chi connectivity index (χ1v) is 10.6. The molecule has 30 heavy (non-hydrogen) atoms. The largest absolute Gasteiger partial charge is 0.462 e. The zero-order chi connectivity index (χ0) is 22.2. The number of nitrogens with one attached hydrogen (secondary N) is 2. The number of rotatable bonds is 6. The van der Waals surface area contributed by atoms with Crippen molar-refractivity contribution in [3.63, 3.8) is 0 Å². The molecule has 0 bridgehead atoms. The molecule has 1 heterocycles.